The van der Waals surface area contributed by atoms with E-state index in [4.69, 9.17) is 11.6 Å². The van der Waals surface area contributed by atoms with E-state index in [1.165, 1.54) is 6.07 Å². The number of Topliss-reactive ketones (excluding diaryl/α,β-unsaturated/α-hetero) is 1. The van der Waals surface area contributed by atoms with Gasteiger partial charge in [-0.3, -0.25) is 4.79 Å². The largest absolute Gasteiger partial charge is 0.506 e. The predicted molar refractivity (Wildman–Crippen MR) is 80.6 cm³/mol. The van der Waals surface area contributed by atoms with Gasteiger partial charge in [-0.2, -0.15) is 0 Å². The molecule has 0 radical (unpaired) electrons. The van der Waals surface area contributed by atoms with E-state index >= 15 is 0 Å². The van der Waals surface area contributed by atoms with Gasteiger partial charge < -0.3 is 5.11 Å². The van der Waals surface area contributed by atoms with E-state index in [-0.39, 0.29) is 22.0 Å². The van der Waals surface area contributed by atoms with Crippen LogP contribution in [-0.2, 0) is 6.42 Å². The molecule has 0 fully saturated rings. The number of aromatic hydroxyl groups is 1. The molecule has 1 aliphatic rings. The van der Waals surface area contributed by atoms with Crippen molar-refractivity contribution >= 4 is 17.4 Å². The van der Waals surface area contributed by atoms with Gasteiger partial charge in [-0.05, 0) is 30.0 Å². The number of benzene rings is 1. The third-order valence-corrected chi connectivity index (χ3v) is 3.96. The van der Waals surface area contributed by atoms with Gasteiger partial charge in [0.25, 0.3) is 0 Å². The van der Waals surface area contributed by atoms with Gasteiger partial charge in [0.15, 0.2) is 11.6 Å². The first-order chi connectivity index (χ1) is 9.85. The number of fused-ring (bicyclic) bond motifs is 1. The fourth-order valence-corrected chi connectivity index (χ4v) is 2.80. The van der Waals surface area contributed by atoms with Crippen LogP contribution in [0.5, 0.6) is 5.75 Å². The fraction of sp³-hybridized carbons (Fsp3) is 0.312. The molecule has 1 aromatic carbocycles. The van der Waals surface area contributed by atoms with Crippen molar-refractivity contribution in [2.24, 2.45) is 5.41 Å². The van der Waals surface area contributed by atoms with E-state index in [1.807, 2.05) is 0 Å². The molecule has 108 valence electrons. The lowest BCUT2D eigenvalue weighted by Crippen LogP contribution is -2.28. The molecule has 0 atom stereocenters. The Balaban J connectivity index is 2.07. The highest BCUT2D eigenvalue weighted by molar-refractivity contribution is 6.32. The highest BCUT2D eigenvalue weighted by atomic mass is 35.5. The van der Waals surface area contributed by atoms with Gasteiger partial charge in [-0.15, -0.1) is 0 Å². The molecule has 2 aromatic rings. The van der Waals surface area contributed by atoms with Crippen LogP contribution in [0, 0.1) is 5.41 Å². The molecule has 0 saturated carbocycles. The molecule has 0 aliphatic heterocycles. The Hall–Kier alpha value is -1.94. The average Bonchev–Trinajstić information content (AvgIpc) is 2.40. The molecule has 1 aliphatic carbocycles. The van der Waals surface area contributed by atoms with Gasteiger partial charge in [0, 0.05) is 18.2 Å². The zero-order chi connectivity index (χ0) is 15.2. The summed E-state index contributed by atoms with van der Waals surface area (Å²) in [5.74, 6) is 0.632. The Labute approximate surface area is 127 Å². The van der Waals surface area contributed by atoms with Crippen molar-refractivity contribution in [1.82, 2.24) is 9.97 Å². The molecule has 1 aromatic heterocycles. The normalized spacial score (nSPS) is 16.6. The molecule has 3 rings (SSSR count). The van der Waals surface area contributed by atoms with E-state index in [2.05, 4.69) is 23.8 Å². The fourth-order valence-electron chi connectivity index (χ4n) is 2.62. The van der Waals surface area contributed by atoms with Crippen LogP contribution in [0.2, 0.25) is 5.02 Å². The van der Waals surface area contributed by atoms with E-state index in [0.717, 1.165) is 17.7 Å². The molecule has 5 heteroatoms. The summed E-state index contributed by atoms with van der Waals surface area (Å²) in [7, 11) is 0. The van der Waals surface area contributed by atoms with Crippen molar-refractivity contribution < 1.29 is 9.90 Å². The number of carbonyl (C=O) groups is 1. The molecule has 0 spiro atoms. The number of hydrogen-bond acceptors (Lipinski definition) is 4. The maximum atomic E-state index is 12.1. The lowest BCUT2D eigenvalue weighted by Gasteiger charge is -2.29. The number of phenols is 1. The summed E-state index contributed by atoms with van der Waals surface area (Å²) in [6.07, 6.45) is 2.86. The number of nitrogens with zero attached hydrogens (tertiary/aromatic N) is 2. The summed E-state index contributed by atoms with van der Waals surface area (Å²) < 4.78 is 0. The number of hydrogen-bond donors (Lipinski definition) is 1. The molecule has 0 amide bonds. The van der Waals surface area contributed by atoms with Gasteiger partial charge in [-0.1, -0.05) is 25.4 Å². The van der Waals surface area contributed by atoms with Crippen molar-refractivity contribution in [2.75, 3.05) is 0 Å². The van der Waals surface area contributed by atoms with Crippen LogP contribution in [0.15, 0.2) is 24.4 Å². The summed E-state index contributed by atoms with van der Waals surface area (Å²) in [6.45, 7) is 4.13. The summed E-state index contributed by atoms with van der Waals surface area (Å²) in [4.78, 5) is 20.9. The van der Waals surface area contributed by atoms with Crippen LogP contribution in [-0.4, -0.2) is 20.9 Å². The number of ketones is 1. The Morgan fingerprint density at radius 2 is 2.05 bits per heavy atom. The smallest absolute Gasteiger partial charge is 0.166 e. The highest BCUT2D eigenvalue weighted by Gasteiger charge is 2.32. The van der Waals surface area contributed by atoms with Gasteiger partial charge in [0.05, 0.1) is 16.3 Å². The molecular formula is C16H15ClN2O2. The first kappa shape index (κ1) is 14.0. The first-order valence-electron chi connectivity index (χ1n) is 6.74. The van der Waals surface area contributed by atoms with Crippen molar-refractivity contribution in [2.45, 2.75) is 26.7 Å². The third-order valence-electron chi connectivity index (χ3n) is 3.66. The Bertz CT molecular complexity index is 741. The molecular weight excluding hydrogens is 288 g/mol. The summed E-state index contributed by atoms with van der Waals surface area (Å²) in [6, 6.07) is 4.84. The topological polar surface area (TPSA) is 63.1 Å². The minimum absolute atomic E-state index is 0.0229. The first-order valence-corrected chi connectivity index (χ1v) is 7.11. The zero-order valence-electron chi connectivity index (χ0n) is 11.9. The van der Waals surface area contributed by atoms with Crippen molar-refractivity contribution in [3.05, 3.63) is 40.7 Å². The Morgan fingerprint density at radius 3 is 2.76 bits per heavy atom. The minimum Gasteiger partial charge on any atom is -0.506 e. The van der Waals surface area contributed by atoms with E-state index in [0.29, 0.717) is 17.8 Å². The molecule has 0 unspecified atom stereocenters. The Kier molecular flexibility index (Phi) is 3.21. The number of phenolic OH excluding ortho intramolecular Hbond substituents is 1. The molecule has 4 nitrogen and oxygen atoms in total. The quantitative estimate of drug-likeness (QED) is 0.873. The number of rotatable bonds is 1. The van der Waals surface area contributed by atoms with Crippen molar-refractivity contribution in [1.29, 1.82) is 0 Å². The molecule has 21 heavy (non-hydrogen) atoms. The van der Waals surface area contributed by atoms with E-state index < -0.39 is 0 Å². The van der Waals surface area contributed by atoms with Crippen LogP contribution >= 0.6 is 11.6 Å². The third kappa shape index (κ3) is 2.63. The van der Waals surface area contributed by atoms with Crippen LogP contribution in [0.3, 0.4) is 0 Å². The van der Waals surface area contributed by atoms with Crippen LogP contribution in [0.1, 0.15) is 36.3 Å². The maximum Gasteiger partial charge on any atom is 0.166 e. The number of aromatic nitrogens is 2. The van der Waals surface area contributed by atoms with Crippen LogP contribution in [0.25, 0.3) is 11.4 Å². The average molecular weight is 303 g/mol. The van der Waals surface area contributed by atoms with E-state index in [9.17, 15) is 9.90 Å². The molecule has 0 bridgehead atoms. The van der Waals surface area contributed by atoms with Gasteiger partial charge in [0.1, 0.15) is 5.75 Å². The molecule has 0 saturated heterocycles. The number of halogens is 1. The monoisotopic (exact) mass is 302 g/mol. The van der Waals surface area contributed by atoms with Gasteiger partial charge >= 0.3 is 0 Å². The van der Waals surface area contributed by atoms with Crippen LogP contribution < -0.4 is 0 Å². The highest BCUT2D eigenvalue weighted by Crippen LogP contribution is 2.34. The predicted octanol–water partition coefficient (Wildman–Crippen LogP) is 3.66. The standard InChI is InChI=1S/C16H15ClN2O2/c1-16(2)6-12-10(14(21)7-16)8-18-15(19-12)9-3-4-13(20)11(17)5-9/h3-5,8,20H,6-7H2,1-2H3. The zero-order valence-corrected chi connectivity index (χ0v) is 12.6. The lowest BCUT2D eigenvalue weighted by molar-refractivity contribution is 0.0910. The summed E-state index contributed by atoms with van der Waals surface area (Å²) in [5, 5.41) is 9.72. The van der Waals surface area contributed by atoms with Crippen molar-refractivity contribution in [3.63, 3.8) is 0 Å². The minimum atomic E-state index is -0.0810. The second kappa shape index (κ2) is 4.81. The lowest BCUT2D eigenvalue weighted by atomic mass is 9.76. The van der Waals surface area contributed by atoms with Crippen LogP contribution in [0.4, 0.5) is 0 Å². The van der Waals surface area contributed by atoms with E-state index in [1.54, 1.807) is 18.3 Å². The Morgan fingerprint density at radius 1 is 1.29 bits per heavy atom. The van der Waals surface area contributed by atoms with Crippen molar-refractivity contribution in [3.8, 4) is 17.1 Å². The SMILES string of the molecule is CC1(C)CC(=O)c2cnc(-c3ccc(O)c(Cl)c3)nc2C1. The summed E-state index contributed by atoms with van der Waals surface area (Å²) >= 11 is 5.92. The molecule has 1 heterocycles. The summed E-state index contributed by atoms with van der Waals surface area (Å²) in [5.41, 5.74) is 2.03. The maximum absolute atomic E-state index is 12.1. The molecule has 1 N–H and O–H groups in total. The van der Waals surface area contributed by atoms with Gasteiger partial charge in [0.2, 0.25) is 0 Å². The second-order valence-electron chi connectivity index (χ2n) is 6.16. The van der Waals surface area contributed by atoms with Gasteiger partial charge in [-0.25, -0.2) is 9.97 Å². The second-order valence-corrected chi connectivity index (χ2v) is 6.57. The number of carbonyl (C=O) groups excluding carboxylic acids is 1.